The van der Waals surface area contributed by atoms with Gasteiger partial charge in [-0.2, -0.15) is 0 Å². The van der Waals surface area contributed by atoms with Crippen LogP contribution in [0.3, 0.4) is 0 Å². The van der Waals surface area contributed by atoms with Crippen LogP contribution in [0.4, 0.5) is 4.39 Å². The Balaban J connectivity index is 2.11. The highest BCUT2D eigenvalue weighted by molar-refractivity contribution is 6.30. The minimum atomic E-state index is -0.944. The van der Waals surface area contributed by atoms with Crippen molar-refractivity contribution < 1.29 is 13.9 Å². The van der Waals surface area contributed by atoms with Crippen molar-refractivity contribution in [1.82, 2.24) is 0 Å². The van der Waals surface area contributed by atoms with Gasteiger partial charge in [-0.15, -0.1) is 0 Å². The van der Waals surface area contributed by atoms with E-state index in [1.807, 2.05) is 30.3 Å². The van der Waals surface area contributed by atoms with E-state index in [4.69, 9.17) is 16.3 Å². The van der Waals surface area contributed by atoms with Crippen LogP contribution >= 0.6 is 11.6 Å². The molecule has 4 heteroatoms. The van der Waals surface area contributed by atoms with Crippen LogP contribution in [0.25, 0.3) is 0 Å². The SMILES string of the molecule is CC(C)(C(=O)OCc1ccccc1)c1ccc(Cl)c(F)c1. The zero-order valence-electron chi connectivity index (χ0n) is 11.9. The van der Waals surface area contributed by atoms with Crippen molar-refractivity contribution in [2.24, 2.45) is 0 Å². The standard InChI is InChI=1S/C17H16ClFO2/c1-17(2,13-8-9-14(18)15(19)10-13)16(20)21-11-12-6-4-3-5-7-12/h3-10H,11H2,1-2H3. The summed E-state index contributed by atoms with van der Waals surface area (Å²) in [6.45, 7) is 3.59. The minimum absolute atomic E-state index is 0.0344. The second-order valence-corrected chi connectivity index (χ2v) is 5.72. The van der Waals surface area contributed by atoms with E-state index < -0.39 is 17.2 Å². The Bertz CT molecular complexity index is 638. The second kappa shape index (κ2) is 6.27. The lowest BCUT2D eigenvalue weighted by Crippen LogP contribution is -2.31. The lowest BCUT2D eigenvalue weighted by atomic mass is 9.85. The topological polar surface area (TPSA) is 26.3 Å². The largest absolute Gasteiger partial charge is 0.460 e. The molecule has 0 saturated heterocycles. The predicted octanol–water partition coefficient (Wildman–Crippen LogP) is 4.50. The smallest absolute Gasteiger partial charge is 0.316 e. The molecule has 0 heterocycles. The molecule has 0 aliphatic rings. The number of rotatable bonds is 4. The van der Waals surface area contributed by atoms with Crippen LogP contribution in [0, 0.1) is 5.82 Å². The van der Waals surface area contributed by atoms with E-state index in [1.165, 1.54) is 12.1 Å². The number of halogens is 2. The second-order valence-electron chi connectivity index (χ2n) is 5.32. The molecule has 0 N–H and O–H groups in total. The average Bonchev–Trinajstić information content (AvgIpc) is 2.48. The van der Waals surface area contributed by atoms with Gasteiger partial charge in [0.25, 0.3) is 0 Å². The lowest BCUT2D eigenvalue weighted by Gasteiger charge is -2.23. The fraction of sp³-hybridized carbons (Fsp3) is 0.235. The molecule has 0 spiro atoms. The zero-order chi connectivity index (χ0) is 15.5. The fourth-order valence-corrected chi connectivity index (χ4v) is 2.02. The summed E-state index contributed by atoms with van der Waals surface area (Å²) in [6, 6.07) is 13.8. The van der Waals surface area contributed by atoms with E-state index >= 15 is 0 Å². The van der Waals surface area contributed by atoms with Crippen molar-refractivity contribution in [2.75, 3.05) is 0 Å². The summed E-state index contributed by atoms with van der Waals surface area (Å²) in [5, 5.41) is 0.0344. The van der Waals surface area contributed by atoms with Crippen molar-refractivity contribution in [1.29, 1.82) is 0 Å². The van der Waals surface area contributed by atoms with Crippen LogP contribution in [0.2, 0.25) is 5.02 Å². The third-order valence-electron chi connectivity index (χ3n) is 3.36. The molecule has 2 rings (SSSR count). The van der Waals surface area contributed by atoms with Gasteiger partial charge in [-0.3, -0.25) is 4.79 Å². The number of hydrogen-bond donors (Lipinski definition) is 0. The predicted molar refractivity (Wildman–Crippen MR) is 80.7 cm³/mol. The van der Waals surface area contributed by atoms with Gasteiger partial charge in [-0.1, -0.05) is 48.0 Å². The summed E-state index contributed by atoms with van der Waals surface area (Å²) >= 11 is 5.66. The molecule has 0 radical (unpaired) electrons. The van der Waals surface area contributed by atoms with Crippen LogP contribution in [0.15, 0.2) is 48.5 Å². The van der Waals surface area contributed by atoms with E-state index in [9.17, 15) is 9.18 Å². The maximum Gasteiger partial charge on any atom is 0.316 e. The number of ether oxygens (including phenoxy) is 1. The molecule has 2 aromatic carbocycles. The van der Waals surface area contributed by atoms with Gasteiger partial charge in [0.1, 0.15) is 12.4 Å². The molecule has 0 saturated carbocycles. The monoisotopic (exact) mass is 306 g/mol. The van der Waals surface area contributed by atoms with E-state index in [0.29, 0.717) is 5.56 Å². The van der Waals surface area contributed by atoms with E-state index in [2.05, 4.69) is 0 Å². The number of carbonyl (C=O) groups is 1. The number of hydrogen-bond acceptors (Lipinski definition) is 2. The highest BCUT2D eigenvalue weighted by Gasteiger charge is 2.32. The molecule has 0 atom stereocenters. The summed E-state index contributed by atoms with van der Waals surface area (Å²) in [7, 11) is 0. The summed E-state index contributed by atoms with van der Waals surface area (Å²) in [5.74, 6) is -0.953. The Kier molecular flexibility index (Phi) is 4.63. The summed E-state index contributed by atoms with van der Waals surface area (Å²) in [6.07, 6.45) is 0. The summed E-state index contributed by atoms with van der Waals surface area (Å²) < 4.78 is 18.9. The van der Waals surface area contributed by atoms with Crippen LogP contribution in [-0.2, 0) is 21.6 Å². The quantitative estimate of drug-likeness (QED) is 0.777. The Morgan fingerprint density at radius 3 is 2.48 bits per heavy atom. The van der Waals surface area contributed by atoms with Crippen LogP contribution < -0.4 is 0 Å². The zero-order valence-corrected chi connectivity index (χ0v) is 12.7. The molecule has 110 valence electrons. The first-order chi connectivity index (χ1) is 9.91. The molecule has 0 bridgehead atoms. The molecule has 2 nitrogen and oxygen atoms in total. The van der Waals surface area contributed by atoms with Crippen LogP contribution in [0.5, 0.6) is 0 Å². The first-order valence-electron chi connectivity index (χ1n) is 6.58. The Morgan fingerprint density at radius 1 is 1.19 bits per heavy atom. The van der Waals surface area contributed by atoms with Crippen molar-refractivity contribution >= 4 is 17.6 Å². The molecule has 0 aromatic heterocycles. The van der Waals surface area contributed by atoms with E-state index in [0.717, 1.165) is 5.56 Å². The minimum Gasteiger partial charge on any atom is -0.460 e. The van der Waals surface area contributed by atoms with Crippen molar-refractivity contribution in [2.45, 2.75) is 25.9 Å². The van der Waals surface area contributed by atoms with Crippen LogP contribution in [0.1, 0.15) is 25.0 Å². The Morgan fingerprint density at radius 2 is 1.86 bits per heavy atom. The molecular weight excluding hydrogens is 291 g/mol. The average molecular weight is 307 g/mol. The van der Waals surface area contributed by atoms with Crippen molar-refractivity contribution in [3.8, 4) is 0 Å². The van der Waals surface area contributed by atoms with Gasteiger partial charge >= 0.3 is 5.97 Å². The molecule has 0 unspecified atom stereocenters. The molecule has 21 heavy (non-hydrogen) atoms. The fourth-order valence-electron chi connectivity index (χ4n) is 1.91. The number of benzene rings is 2. The molecular formula is C17H16ClFO2. The van der Waals surface area contributed by atoms with Gasteiger partial charge in [0.15, 0.2) is 0 Å². The van der Waals surface area contributed by atoms with Gasteiger partial charge in [0.2, 0.25) is 0 Å². The van der Waals surface area contributed by atoms with Crippen molar-refractivity contribution in [3.05, 3.63) is 70.5 Å². The normalized spacial score (nSPS) is 11.2. The van der Waals surface area contributed by atoms with Crippen LogP contribution in [-0.4, -0.2) is 5.97 Å². The first kappa shape index (κ1) is 15.5. The molecule has 2 aromatic rings. The first-order valence-corrected chi connectivity index (χ1v) is 6.96. The van der Waals surface area contributed by atoms with Gasteiger partial charge < -0.3 is 4.74 Å². The third kappa shape index (κ3) is 3.61. The third-order valence-corrected chi connectivity index (χ3v) is 3.67. The van der Waals surface area contributed by atoms with Gasteiger partial charge in [-0.05, 0) is 37.1 Å². The van der Waals surface area contributed by atoms with Gasteiger partial charge in [0.05, 0.1) is 10.4 Å². The number of carbonyl (C=O) groups excluding carboxylic acids is 1. The number of esters is 1. The highest BCUT2D eigenvalue weighted by atomic mass is 35.5. The molecule has 0 aliphatic carbocycles. The van der Waals surface area contributed by atoms with Gasteiger partial charge in [0, 0.05) is 0 Å². The summed E-state index contributed by atoms with van der Waals surface area (Å²) in [5.41, 5.74) is 0.492. The van der Waals surface area contributed by atoms with E-state index in [-0.39, 0.29) is 11.6 Å². The maximum atomic E-state index is 13.5. The van der Waals surface area contributed by atoms with Crippen molar-refractivity contribution in [3.63, 3.8) is 0 Å². The molecule has 0 fully saturated rings. The Hall–Kier alpha value is -1.87. The maximum absolute atomic E-state index is 13.5. The highest BCUT2D eigenvalue weighted by Crippen LogP contribution is 2.28. The van der Waals surface area contributed by atoms with Gasteiger partial charge in [-0.25, -0.2) is 4.39 Å². The lowest BCUT2D eigenvalue weighted by molar-refractivity contribution is -0.150. The molecule has 0 aliphatic heterocycles. The summed E-state index contributed by atoms with van der Waals surface area (Å²) in [4.78, 5) is 12.3. The Labute approximate surface area is 128 Å². The van der Waals surface area contributed by atoms with E-state index in [1.54, 1.807) is 19.9 Å². The molecule has 0 amide bonds.